The van der Waals surface area contributed by atoms with E-state index in [0.717, 1.165) is 25.4 Å². The van der Waals surface area contributed by atoms with E-state index >= 15 is 0 Å². The van der Waals surface area contributed by atoms with E-state index in [2.05, 4.69) is 31.3 Å². The minimum Gasteiger partial charge on any atom is -0.491 e. The van der Waals surface area contributed by atoms with Crippen LogP contribution in [0.1, 0.15) is 26.3 Å². The Labute approximate surface area is 110 Å². The van der Waals surface area contributed by atoms with Crippen molar-refractivity contribution in [2.75, 3.05) is 26.4 Å². The molecular formula is C15H25NO2. The number of hydrogen-bond donors (Lipinski definition) is 1. The summed E-state index contributed by atoms with van der Waals surface area (Å²) in [6.45, 7) is 10.4. The molecule has 0 aliphatic carbocycles. The van der Waals surface area contributed by atoms with Crippen LogP contribution in [0.4, 0.5) is 0 Å². The predicted octanol–water partition coefficient (Wildman–Crippen LogP) is 2.85. The van der Waals surface area contributed by atoms with Gasteiger partial charge in [0.25, 0.3) is 0 Å². The third-order valence-electron chi connectivity index (χ3n) is 2.51. The summed E-state index contributed by atoms with van der Waals surface area (Å²) < 4.78 is 10.8. The van der Waals surface area contributed by atoms with Gasteiger partial charge in [-0.05, 0) is 37.1 Å². The molecule has 0 fully saturated rings. The zero-order valence-electron chi connectivity index (χ0n) is 11.7. The zero-order chi connectivity index (χ0) is 13.2. The lowest BCUT2D eigenvalue weighted by Crippen LogP contribution is -2.18. The number of hydrogen-bond acceptors (Lipinski definition) is 3. The van der Waals surface area contributed by atoms with Gasteiger partial charge in [0.2, 0.25) is 0 Å². The summed E-state index contributed by atoms with van der Waals surface area (Å²) in [4.78, 5) is 0. The standard InChI is InChI=1S/C15H25NO2/c1-4-17-9-10-18-15-7-5-14(6-8-15)12-16-11-13(2)3/h5-8,13,16H,4,9-12H2,1-3H3. The van der Waals surface area contributed by atoms with E-state index in [9.17, 15) is 0 Å². The lowest BCUT2D eigenvalue weighted by molar-refractivity contribution is 0.110. The molecule has 0 aliphatic heterocycles. The van der Waals surface area contributed by atoms with Crippen LogP contribution in [-0.4, -0.2) is 26.4 Å². The van der Waals surface area contributed by atoms with Gasteiger partial charge in [-0.25, -0.2) is 0 Å². The van der Waals surface area contributed by atoms with Gasteiger partial charge in [0.05, 0.1) is 6.61 Å². The maximum absolute atomic E-state index is 5.56. The van der Waals surface area contributed by atoms with Crippen LogP contribution in [0.2, 0.25) is 0 Å². The fourth-order valence-corrected chi connectivity index (χ4v) is 1.57. The van der Waals surface area contributed by atoms with E-state index in [0.29, 0.717) is 19.1 Å². The summed E-state index contributed by atoms with van der Waals surface area (Å²) in [5.74, 6) is 1.59. The average molecular weight is 251 g/mol. The van der Waals surface area contributed by atoms with Crippen LogP contribution < -0.4 is 10.1 Å². The van der Waals surface area contributed by atoms with Crippen LogP contribution in [0.25, 0.3) is 0 Å². The van der Waals surface area contributed by atoms with Gasteiger partial charge in [0.1, 0.15) is 12.4 Å². The Hall–Kier alpha value is -1.06. The lowest BCUT2D eigenvalue weighted by atomic mass is 10.2. The highest BCUT2D eigenvalue weighted by Gasteiger charge is 1.97. The van der Waals surface area contributed by atoms with E-state index < -0.39 is 0 Å². The molecule has 0 aliphatic rings. The first-order valence-electron chi connectivity index (χ1n) is 6.72. The van der Waals surface area contributed by atoms with Crippen LogP contribution >= 0.6 is 0 Å². The Kier molecular flexibility index (Phi) is 7.46. The smallest absolute Gasteiger partial charge is 0.119 e. The molecule has 0 heterocycles. The molecule has 102 valence electrons. The number of nitrogens with one attached hydrogen (secondary N) is 1. The fraction of sp³-hybridized carbons (Fsp3) is 0.600. The second-order valence-electron chi connectivity index (χ2n) is 4.71. The van der Waals surface area contributed by atoms with Crippen molar-refractivity contribution in [1.82, 2.24) is 5.32 Å². The highest BCUT2D eigenvalue weighted by molar-refractivity contribution is 5.27. The number of rotatable bonds is 9. The second-order valence-corrected chi connectivity index (χ2v) is 4.71. The van der Waals surface area contributed by atoms with E-state index in [-0.39, 0.29) is 0 Å². The summed E-state index contributed by atoms with van der Waals surface area (Å²) >= 11 is 0. The molecule has 0 saturated heterocycles. The molecular weight excluding hydrogens is 226 g/mol. The second kappa shape index (κ2) is 8.95. The van der Waals surface area contributed by atoms with Crippen molar-refractivity contribution in [3.05, 3.63) is 29.8 Å². The monoisotopic (exact) mass is 251 g/mol. The maximum Gasteiger partial charge on any atom is 0.119 e. The van der Waals surface area contributed by atoms with Crippen molar-refractivity contribution in [2.45, 2.75) is 27.3 Å². The summed E-state index contributed by atoms with van der Waals surface area (Å²) in [5, 5.41) is 3.42. The molecule has 3 nitrogen and oxygen atoms in total. The molecule has 3 heteroatoms. The molecule has 1 aromatic rings. The van der Waals surface area contributed by atoms with E-state index in [1.165, 1.54) is 5.56 Å². The van der Waals surface area contributed by atoms with Crippen molar-refractivity contribution in [3.63, 3.8) is 0 Å². The Morgan fingerprint density at radius 3 is 2.44 bits per heavy atom. The summed E-state index contributed by atoms with van der Waals surface area (Å²) in [7, 11) is 0. The van der Waals surface area contributed by atoms with Crippen LogP contribution in [-0.2, 0) is 11.3 Å². The Morgan fingerprint density at radius 1 is 1.11 bits per heavy atom. The average Bonchev–Trinajstić information content (AvgIpc) is 2.36. The quantitative estimate of drug-likeness (QED) is 0.685. The Morgan fingerprint density at radius 2 is 1.83 bits per heavy atom. The highest BCUT2D eigenvalue weighted by atomic mass is 16.5. The minimum absolute atomic E-state index is 0.610. The number of ether oxygens (including phenoxy) is 2. The molecule has 0 amide bonds. The predicted molar refractivity (Wildman–Crippen MR) is 75.0 cm³/mol. The molecule has 1 rings (SSSR count). The van der Waals surface area contributed by atoms with Crippen LogP contribution in [0.3, 0.4) is 0 Å². The summed E-state index contributed by atoms with van der Waals surface area (Å²) in [6, 6.07) is 8.23. The van der Waals surface area contributed by atoms with Crippen molar-refractivity contribution in [1.29, 1.82) is 0 Å². The van der Waals surface area contributed by atoms with Gasteiger partial charge in [-0.3, -0.25) is 0 Å². The lowest BCUT2D eigenvalue weighted by Gasteiger charge is -2.09. The fourth-order valence-electron chi connectivity index (χ4n) is 1.57. The zero-order valence-corrected chi connectivity index (χ0v) is 11.7. The van der Waals surface area contributed by atoms with Gasteiger partial charge in [-0.15, -0.1) is 0 Å². The Bertz CT molecular complexity index is 309. The molecule has 1 aromatic carbocycles. The molecule has 0 saturated carbocycles. The minimum atomic E-state index is 0.610. The van der Waals surface area contributed by atoms with E-state index in [1.54, 1.807) is 0 Å². The first-order valence-corrected chi connectivity index (χ1v) is 6.72. The SMILES string of the molecule is CCOCCOc1ccc(CNCC(C)C)cc1. The third kappa shape index (κ3) is 6.62. The van der Waals surface area contributed by atoms with Gasteiger partial charge in [-0.2, -0.15) is 0 Å². The third-order valence-corrected chi connectivity index (χ3v) is 2.51. The topological polar surface area (TPSA) is 30.5 Å². The molecule has 0 atom stereocenters. The summed E-state index contributed by atoms with van der Waals surface area (Å²) in [5.41, 5.74) is 1.29. The Balaban J connectivity index is 2.24. The van der Waals surface area contributed by atoms with E-state index in [1.807, 2.05) is 19.1 Å². The van der Waals surface area contributed by atoms with Crippen molar-refractivity contribution >= 4 is 0 Å². The molecule has 18 heavy (non-hydrogen) atoms. The van der Waals surface area contributed by atoms with Gasteiger partial charge in [0, 0.05) is 13.2 Å². The van der Waals surface area contributed by atoms with Gasteiger partial charge in [0.15, 0.2) is 0 Å². The first kappa shape index (κ1) is 15.0. The summed E-state index contributed by atoms with van der Waals surface area (Å²) in [6.07, 6.45) is 0. The van der Waals surface area contributed by atoms with Crippen molar-refractivity contribution in [3.8, 4) is 5.75 Å². The van der Waals surface area contributed by atoms with Crippen LogP contribution in [0.5, 0.6) is 5.75 Å². The molecule has 1 N–H and O–H groups in total. The van der Waals surface area contributed by atoms with Crippen LogP contribution in [0.15, 0.2) is 24.3 Å². The van der Waals surface area contributed by atoms with Crippen molar-refractivity contribution in [2.24, 2.45) is 5.92 Å². The molecule has 0 bridgehead atoms. The van der Waals surface area contributed by atoms with Crippen LogP contribution in [0, 0.1) is 5.92 Å². The largest absolute Gasteiger partial charge is 0.491 e. The van der Waals surface area contributed by atoms with E-state index in [4.69, 9.17) is 9.47 Å². The van der Waals surface area contributed by atoms with Gasteiger partial charge < -0.3 is 14.8 Å². The van der Waals surface area contributed by atoms with Gasteiger partial charge >= 0.3 is 0 Å². The number of benzene rings is 1. The van der Waals surface area contributed by atoms with Gasteiger partial charge in [-0.1, -0.05) is 26.0 Å². The highest BCUT2D eigenvalue weighted by Crippen LogP contribution is 2.12. The normalized spacial score (nSPS) is 10.9. The molecule has 0 radical (unpaired) electrons. The maximum atomic E-state index is 5.56. The molecule has 0 spiro atoms. The molecule has 0 unspecified atom stereocenters. The first-order chi connectivity index (χ1) is 8.72. The van der Waals surface area contributed by atoms with Crippen molar-refractivity contribution < 1.29 is 9.47 Å². The molecule has 0 aromatic heterocycles.